The van der Waals surface area contributed by atoms with Crippen LogP contribution in [0.25, 0.3) is 0 Å². The van der Waals surface area contributed by atoms with Crippen molar-refractivity contribution in [1.82, 2.24) is 4.90 Å². The maximum Gasteiger partial charge on any atom is 0.180 e. The van der Waals surface area contributed by atoms with Crippen LogP contribution in [0.5, 0.6) is 0 Å². The van der Waals surface area contributed by atoms with Gasteiger partial charge in [0, 0.05) is 17.0 Å². The lowest BCUT2D eigenvalue weighted by Gasteiger charge is -2.51. The Kier molecular flexibility index (Phi) is 2.82. The SMILES string of the molecule is CC(=O)C1CC(C)(C)N(C#N)C(C)(C)C1. The molecule has 3 heteroatoms. The van der Waals surface area contributed by atoms with Crippen molar-refractivity contribution in [2.24, 2.45) is 5.92 Å². The molecule has 1 fully saturated rings. The molecule has 15 heavy (non-hydrogen) atoms. The number of ketones is 1. The van der Waals surface area contributed by atoms with Crippen LogP contribution in [0.1, 0.15) is 47.5 Å². The fraction of sp³-hybridized carbons (Fsp3) is 0.833. The van der Waals surface area contributed by atoms with Gasteiger partial charge in [-0.15, -0.1) is 0 Å². The molecule has 0 aromatic carbocycles. The Morgan fingerprint density at radius 1 is 1.27 bits per heavy atom. The van der Waals surface area contributed by atoms with E-state index in [1.54, 1.807) is 6.92 Å². The van der Waals surface area contributed by atoms with Crippen molar-refractivity contribution in [3.05, 3.63) is 0 Å². The van der Waals surface area contributed by atoms with E-state index in [4.69, 9.17) is 0 Å². The van der Waals surface area contributed by atoms with Gasteiger partial charge in [0.15, 0.2) is 6.19 Å². The van der Waals surface area contributed by atoms with Gasteiger partial charge in [-0.25, -0.2) is 0 Å². The summed E-state index contributed by atoms with van der Waals surface area (Å²) in [5.74, 6) is 0.341. The zero-order chi connectivity index (χ0) is 11.9. The van der Waals surface area contributed by atoms with Gasteiger partial charge in [-0.3, -0.25) is 9.69 Å². The molecule has 0 spiro atoms. The van der Waals surface area contributed by atoms with Crippen molar-refractivity contribution in [3.8, 4) is 6.19 Å². The number of carbonyl (C=O) groups excluding carboxylic acids is 1. The molecule has 0 bridgehead atoms. The van der Waals surface area contributed by atoms with Crippen LogP contribution in [0.2, 0.25) is 0 Å². The Bertz CT molecular complexity index is 294. The zero-order valence-electron chi connectivity index (χ0n) is 10.3. The summed E-state index contributed by atoms with van der Waals surface area (Å²) in [5, 5.41) is 9.18. The van der Waals surface area contributed by atoms with Crippen LogP contribution in [0, 0.1) is 17.4 Å². The molecular formula is C12H20N2O. The first-order chi connectivity index (χ1) is 6.70. The number of piperidine rings is 1. The van der Waals surface area contributed by atoms with Crippen LogP contribution >= 0.6 is 0 Å². The topological polar surface area (TPSA) is 44.1 Å². The Morgan fingerprint density at radius 2 is 1.67 bits per heavy atom. The number of nitrogens with zero attached hydrogens (tertiary/aromatic N) is 2. The molecule has 0 saturated carbocycles. The number of likely N-dealkylation sites (tertiary alicyclic amines) is 1. The second-order valence-electron chi connectivity index (χ2n) is 5.78. The summed E-state index contributed by atoms with van der Waals surface area (Å²) in [4.78, 5) is 13.3. The van der Waals surface area contributed by atoms with E-state index < -0.39 is 0 Å². The van der Waals surface area contributed by atoms with Crippen LogP contribution in [0.3, 0.4) is 0 Å². The molecule has 3 nitrogen and oxygen atoms in total. The highest BCUT2D eigenvalue weighted by Gasteiger charge is 2.46. The largest absolute Gasteiger partial charge is 0.300 e. The van der Waals surface area contributed by atoms with Gasteiger partial charge in [0.1, 0.15) is 5.78 Å². The van der Waals surface area contributed by atoms with E-state index in [0.29, 0.717) is 0 Å². The van der Waals surface area contributed by atoms with Gasteiger partial charge in [0.05, 0.1) is 0 Å². The summed E-state index contributed by atoms with van der Waals surface area (Å²) in [7, 11) is 0. The predicted octanol–water partition coefficient (Wildman–Crippen LogP) is 2.33. The Hall–Kier alpha value is -1.04. The molecule has 1 aliphatic heterocycles. The minimum atomic E-state index is -0.215. The number of Topliss-reactive ketones (excluding diaryl/α,β-unsaturated/α-hetero) is 1. The van der Waals surface area contributed by atoms with Gasteiger partial charge in [-0.2, -0.15) is 5.26 Å². The molecule has 0 aliphatic carbocycles. The highest BCUT2D eigenvalue weighted by atomic mass is 16.1. The van der Waals surface area contributed by atoms with Crippen molar-refractivity contribution in [1.29, 1.82) is 5.26 Å². The third kappa shape index (κ3) is 2.14. The Labute approximate surface area is 92.1 Å². The van der Waals surface area contributed by atoms with Crippen molar-refractivity contribution in [2.45, 2.75) is 58.5 Å². The minimum absolute atomic E-state index is 0.0969. The average molecular weight is 208 g/mol. The second kappa shape index (κ2) is 3.52. The van der Waals surface area contributed by atoms with Crippen LogP contribution in [0.15, 0.2) is 0 Å². The Balaban J connectivity index is 3.02. The van der Waals surface area contributed by atoms with Crippen molar-refractivity contribution in [3.63, 3.8) is 0 Å². The van der Waals surface area contributed by atoms with Gasteiger partial charge in [0.25, 0.3) is 0 Å². The minimum Gasteiger partial charge on any atom is -0.300 e. The normalized spacial score (nSPS) is 24.7. The van der Waals surface area contributed by atoms with E-state index in [-0.39, 0.29) is 22.8 Å². The summed E-state index contributed by atoms with van der Waals surface area (Å²) < 4.78 is 0. The molecule has 0 aromatic heterocycles. The third-order valence-corrected chi connectivity index (χ3v) is 3.38. The number of hydrogen-bond acceptors (Lipinski definition) is 3. The van der Waals surface area contributed by atoms with Gasteiger partial charge in [-0.1, -0.05) is 0 Å². The highest BCUT2D eigenvalue weighted by Crippen LogP contribution is 2.40. The van der Waals surface area contributed by atoms with E-state index >= 15 is 0 Å². The molecule has 0 radical (unpaired) electrons. The predicted molar refractivity (Wildman–Crippen MR) is 59.0 cm³/mol. The van der Waals surface area contributed by atoms with Gasteiger partial charge in [-0.05, 0) is 47.5 Å². The molecular weight excluding hydrogens is 188 g/mol. The van der Waals surface area contributed by atoms with Crippen molar-refractivity contribution in [2.75, 3.05) is 0 Å². The molecule has 1 saturated heterocycles. The van der Waals surface area contributed by atoms with E-state index in [1.807, 2.05) is 32.6 Å². The van der Waals surface area contributed by atoms with E-state index in [1.165, 1.54) is 0 Å². The number of rotatable bonds is 1. The third-order valence-electron chi connectivity index (χ3n) is 3.38. The number of hydrogen-bond donors (Lipinski definition) is 0. The Morgan fingerprint density at radius 3 is 1.93 bits per heavy atom. The lowest BCUT2D eigenvalue weighted by Crippen LogP contribution is -2.59. The standard InChI is InChI=1S/C12H20N2O/c1-9(15)10-6-11(2,3)14(8-13)12(4,5)7-10/h10H,6-7H2,1-5H3. The van der Waals surface area contributed by atoms with Gasteiger partial charge >= 0.3 is 0 Å². The van der Waals surface area contributed by atoms with Crippen molar-refractivity contribution < 1.29 is 4.79 Å². The quantitative estimate of drug-likeness (QED) is 0.621. The molecule has 1 aliphatic rings. The molecule has 0 unspecified atom stereocenters. The van der Waals surface area contributed by atoms with Gasteiger partial charge in [0.2, 0.25) is 0 Å². The first-order valence-electron chi connectivity index (χ1n) is 5.41. The second-order valence-corrected chi connectivity index (χ2v) is 5.78. The number of nitriles is 1. The van der Waals surface area contributed by atoms with Crippen LogP contribution in [0.4, 0.5) is 0 Å². The monoisotopic (exact) mass is 208 g/mol. The fourth-order valence-electron chi connectivity index (χ4n) is 2.84. The zero-order valence-corrected chi connectivity index (χ0v) is 10.3. The molecule has 0 amide bonds. The lowest BCUT2D eigenvalue weighted by molar-refractivity contribution is -0.126. The average Bonchev–Trinajstić information content (AvgIpc) is 1.99. The van der Waals surface area contributed by atoms with Crippen LogP contribution in [-0.4, -0.2) is 21.8 Å². The lowest BCUT2D eigenvalue weighted by atomic mass is 9.73. The molecule has 0 atom stereocenters. The van der Waals surface area contributed by atoms with Crippen LogP contribution in [-0.2, 0) is 4.79 Å². The molecule has 0 N–H and O–H groups in total. The van der Waals surface area contributed by atoms with Gasteiger partial charge < -0.3 is 0 Å². The maximum absolute atomic E-state index is 11.5. The summed E-state index contributed by atoms with van der Waals surface area (Å²) >= 11 is 0. The highest BCUT2D eigenvalue weighted by molar-refractivity contribution is 5.78. The fourth-order valence-corrected chi connectivity index (χ4v) is 2.84. The van der Waals surface area contributed by atoms with Crippen molar-refractivity contribution >= 4 is 5.78 Å². The van der Waals surface area contributed by atoms with Crippen LogP contribution < -0.4 is 0 Å². The molecule has 1 rings (SSSR count). The number of carbonyl (C=O) groups is 1. The molecule has 1 heterocycles. The molecule has 84 valence electrons. The molecule has 0 aromatic rings. The summed E-state index contributed by atoms with van der Waals surface area (Å²) in [5.41, 5.74) is -0.431. The first kappa shape index (κ1) is 12.0. The smallest absolute Gasteiger partial charge is 0.180 e. The van der Waals surface area contributed by atoms with E-state index in [0.717, 1.165) is 12.8 Å². The summed E-state index contributed by atoms with van der Waals surface area (Å²) in [6.07, 6.45) is 3.82. The van der Waals surface area contributed by atoms with E-state index in [9.17, 15) is 10.1 Å². The summed E-state index contributed by atoms with van der Waals surface area (Å²) in [6, 6.07) is 0. The van der Waals surface area contributed by atoms with E-state index in [2.05, 4.69) is 6.19 Å². The first-order valence-corrected chi connectivity index (χ1v) is 5.41. The summed E-state index contributed by atoms with van der Waals surface area (Å²) in [6.45, 7) is 9.79. The maximum atomic E-state index is 11.5.